The normalized spacial score (nSPS) is 12.0. The minimum absolute atomic E-state index is 0.0703. The Labute approximate surface area is 99.6 Å². The lowest BCUT2D eigenvalue weighted by atomic mass is 10.2. The molecule has 0 unspecified atom stereocenters. The van der Waals surface area contributed by atoms with Gasteiger partial charge in [0.25, 0.3) is 0 Å². The average Bonchev–Trinajstić information content (AvgIpc) is 2.19. The van der Waals surface area contributed by atoms with Gasteiger partial charge in [-0.05, 0) is 27.7 Å². The molecule has 0 saturated carbocycles. The third-order valence-electron chi connectivity index (χ3n) is 1.81. The van der Waals surface area contributed by atoms with Gasteiger partial charge >= 0.3 is 0 Å². The van der Waals surface area contributed by atoms with Gasteiger partial charge in [-0.15, -0.1) is 0 Å². The van der Waals surface area contributed by atoms with E-state index in [2.05, 4.69) is 5.32 Å². The predicted octanol–water partition coefficient (Wildman–Crippen LogP) is 1.44. The molecule has 0 radical (unpaired) electrons. The van der Waals surface area contributed by atoms with Gasteiger partial charge in [-0.25, -0.2) is 0 Å². The Kier molecular flexibility index (Phi) is 9.92. The van der Waals surface area contributed by atoms with Gasteiger partial charge in [0.1, 0.15) is 0 Å². The second-order valence-corrected chi connectivity index (χ2v) is 4.52. The van der Waals surface area contributed by atoms with Crippen molar-refractivity contribution < 1.29 is 14.2 Å². The van der Waals surface area contributed by atoms with Gasteiger partial charge in [0.15, 0.2) is 0 Å². The quantitative estimate of drug-likeness (QED) is 0.580. The summed E-state index contributed by atoms with van der Waals surface area (Å²) in [4.78, 5) is 0. The standard InChI is InChI=1S/C12H27NO3/c1-5-14-8-6-13-7-9-15-10-11-16-12(2,3)4/h13H,5-11H2,1-4H3. The highest BCUT2D eigenvalue weighted by Gasteiger charge is 2.08. The molecule has 0 aromatic heterocycles. The van der Waals surface area contributed by atoms with Crippen molar-refractivity contribution >= 4 is 0 Å². The summed E-state index contributed by atoms with van der Waals surface area (Å²) in [6, 6.07) is 0. The second-order valence-electron chi connectivity index (χ2n) is 4.52. The van der Waals surface area contributed by atoms with E-state index in [0.29, 0.717) is 13.2 Å². The summed E-state index contributed by atoms with van der Waals surface area (Å²) >= 11 is 0. The fourth-order valence-corrected chi connectivity index (χ4v) is 1.07. The molecular formula is C12H27NO3. The van der Waals surface area contributed by atoms with Gasteiger partial charge in [-0.2, -0.15) is 0 Å². The molecule has 0 amide bonds. The predicted molar refractivity (Wildman–Crippen MR) is 65.9 cm³/mol. The molecule has 0 aliphatic rings. The summed E-state index contributed by atoms with van der Waals surface area (Å²) in [5, 5.41) is 3.24. The summed E-state index contributed by atoms with van der Waals surface area (Å²) < 4.78 is 16.1. The SMILES string of the molecule is CCOCCNCCOCCOC(C)(C)C. The van der Waals surface area contributed by atoms with Gasteiger partial charge in [-0.3, -0.25) is 0 Å². The zero-order valence-electron chi connectivity index (χ0n) is 11.2. The highest BCUT2D eigenvalue weighted by Crippen LogP contribution is 2.05. The summed E-state index contributed by atoms with van der Waals surface area (Å²) in [6.07, 6.45) is 0. The van der Waals surface area contributed by atoms with Crippen molar-refractivity contribution in [2.24, 2.45) is 0 Å². The summed E-state index contributed by atoms with van der Waals surface area (Å²) in [6.45, 7) is 13.5. The van der Waals surface area contributed by atoms with E-state index >= 15 is 0 Å². The first-order chi connectivity index (χ1) is 7.56. The van der Waals surface area contributed by atoms with Crippen LogP contribution in [0.25, 0.3) is 0 Å². The van der Waals surface area contributed by atoms with E-state index in [1.807, 2.05) is 27.7 Å². The highest BCUT2D eigenvalue weighted by atomic mass is 16.5. The summed E-state index contributed by atoms with van der Waals surface area (Å²) in [5.74, 6) is 0. The lowest BCUT2D eigenvalue weighted by Gasteiger charge is -2.19. The molecule has 0 saturated heterocycles. The minimum Gasteiger partial charge on any atom is -0.380 e. The molecule has 4 heteroatoms. The molecule has 0 spiro atoms. The molecule has 0 aliphatic heterocycles. The maximum absolute atomic E-state index is 5.52. The van der Waals surface area contributed by atoms with Crippen LogP contribution in [0.3, 0.4) is 0 Å². The Hall–Kier alpha value is -0.160. The van der Waals surface area contributed by atoms with Gasteiger partial charge in [0.05, 0.1) is 32.0 Å². The van der Waals surface area contributed by atoms with E-state index in [1.165, 1.54) is 0 Å². The molecular weight excluding hydrogens is 206 g/mol. The van der Waals surface area contributed by atoms with Crippen LogP contribution in [0, 0.1) is 0 Å². The molecule has 98 valence electrons. The largest absolute Gasteiger partial charge is 0.380 e. The van der Waals surface area contributed by atoms with Gasteiger partial charge in [0, 0.05) is 19.7 Å². The van der Waals surface area contributed by atoms with Crippen molar-refractivity contribution in [3.63, 3.8) is 0 Å². The Morgan fingerprint density at radius 3 is 2.06 bits per heavy atom. The number of rotatable bonds is 10. The van der Waals surface area contributed by atoms with E-state index in [9.17, 15) is 0 Å². The molecule has 0 bridgehead atoms. The topological polar surface area (TPSA) is 39.7 Å². The average molecular weight is 233 g/mol. The lowest BCUT2D eigenvalue weighted by molar-refractivity contribution is -0.0343. The zero-order chi connectivity index (χ0) is 12.3. The van der Waals surface area contributed by atoms with Crippen molar-refractivity contribution in [3.05, 3.63) is 0 Å². The molecule has 0 heterocycles. The third kappa shape index (κ3) is 13.8. The van der Waals surface area contributed by atoms with Crippen LogP contribution in [-0.2, 0) is 14.2 Å². The van der Waals surface area contributed by atoms with Gasteiger partial charge in [0.2, 0.25) is 0 Å². The molecule has 0 aromatic carbocycles. The van der Waals surface area contributed by atoms with E-state index in [1.54, 1.807) is 0 Å². The first-order valence-corrected chi connectivity index (χ1v) is 6.06. The van der Waals surface area contributed by atoms with Crippen LogP contribution in [0.5, 0.6) is 0 Å². The number of hydrogen-bond donors (Lipinski definition) is 1. The van der Waals surface area contributed by atoms with Crippen LogP contribution >= 0.6 is 0 Å². The number of ether oxygens (including phenoxy) is 3. The van der Waals surface area contributed by atoms with Crippen LogP contribution in [0.4, 0.5) is 0 Å². The number of nitrogens with one attached hydrogen (secondary N) is 1. The second kappa shape index (κ2) is 10.0. The van der Waals surface area contributed by atoms with Gasteiger partial charge in [-0.1, -0.05) is 0 Å². The molecule has 1 N–H and O–H groups in total. The molecule has 0 aliphatic carbocycles. The maximum Gasteiger partial charge on any atom is 0.0707 e. The Bertz CT molecular complexity index is 146. The van der Waals surface area contributed by atoms with Crippen LogP contribution in [0.1, 0.15) is 27.7 Å². The van der Waals surface area contributed by atoms with Crippen molar-refractivity contribution in [3.8, 4) is 0 Å². The molecule has 0 atom stereocenters. The first-order valence-electron chi connectivity index (χ1n) is 6.06. The first kappa shape index (κ1) is 15.8. The molecule has 0 rings (SSSR count). The van der Waals surface area contributed by atoms with Crippen LogP contribution in [-0.4, -0.2) is 51.7 Å². The number of hydrogen-bond acceptors (Lipinski definition) is 4. The van der Waals surface area contributed by atoms with Crippen molar-refractivity contribution in [2.75, 3.05) is 46.1 Å². The van der Waals surface area contributed by atoms with Crippen molar-refractivity contribution in [1.82, 2.24) is 5.32 Å². The lowest BCUT2D eigenvalue weighted by Crippen LogP contribution is -2.25. The fraction of sp³-hybridized carbons (Fsp3) is 1.00. The van der Waals surface area contributed by atoms with E-state index in [0.717, 1.165) is 32.9 Å². The van der Waals surface area contributed by atoms with E-state index in [-0.39, 0.29) is 5.60 Å². The van der Waals surface area contributed by atoms with Crippen LogP contribution < -0.4 is 5.32 Å². The Balaban J connectivity index is 2.99. The van der Waals surface area contributed by atoms with Crippen LogP contribution in [0.15, 0.2) is 0 Å². The molecule has 4 nitrogen and oxygen atoms in total. The van der Waals surface area contributed by atoms with E-state index < -0.39 is 0 Å². The van der Waals surface area contributed by atoms with Gasteiger partial charge < -0.3 is 19.5 Å². The monoisotopic (exact) mass is 233 g/mol. The molecule has 0 aromatic rings. The molecule has 16 heavy (non-hydrogen) atoms. The van der Waals surface area contributed by atoms with Crippen molar-refractivity contribution in [1.29, 1.82) is 0 Å². The van der Waals surface area contributed by atoms with Crippen LogP contribution in [0.2, 0.25) is 0 Å². The summed E-state index contributed by atoms with van der Waals surface area (Å²) in [7, 11) is 0. The zero-order valence-corrected chi connectivity index (χ0v) is 11.2. The minimum atomic E-state index is -0.0703. The fourth-order valence-electron chi connectivity index (χ4n) is 1.07. The van der Waals surface area contributed by atoms with Crippen molar-refractivity contribution in [2.45, 2.75) is 33.3 Å². The molecule has 0 fully saturated rings. The highest BCUT2D eigenvalue weighted by molar-refractivity contribution is 4.57. The Morgan fingerprint density at radius 2 is 1.50 bits per heavy atom. The van der Waals surface area contributed by atoms with E-state index in [4.69, 9.17) is 14.2 Å². The summed E-state index contributed by atoms with van der Waals surface area (Å²) in [5.41, 5.74) is -0.0703. The smallest absolute Gasteiger partial charge is 0.0707 e. The maximum atomic E-state index is 5.52. The third-order valence-corrected chi connectivity index (χ3v) is 1.81. The Morgan fingerprint density at radius 1 is 0.875 bits per heavy atom.